The van der Waals surface area contributed by atoms with Crippen LogP contribution < -0.4 is 5.32 Å². The first-order valence-corrected chi connectivity index (χ1v) is 6.86. The summed E-state index contributed by atoms with van der Waals surface area (Å²) in [5, 5.41) is 5.09. The Bertz CT molecular complexity index is 555. The second kappa shape index (κ2) is 5.23. The molecule has 0 aliphatic rings. The molecule has 0 atom stereocenters. The predicted octanol–water partition coefficient (Wildman–Crippen LogP) is 4.64. The van der Waals surface area contributed by atoms with Crippen LogP contribution in [0.3, 0.4) is 0 Å². The van der Waals surface area contributed by atoms with Crippen LogP contribution >= 0.6 is 27.5 Å². The van der Waals surface area contributed by atoms with Crippen molar-refractivity contribution < 1.29 is 0 Å². The van der Waals surface area contributed by atoms with E-state index in [-0.39, 0.29) is 0 Å². The summed E-state index contributed by atoms with van der Waals surface area (Å²) in [5.41, 5.74) is 2.14. The second-order valence-corrected chi connectivity index (χ2v) is 5.01. The number of nitrogens with zero attached hydrogens (tertiary/aromatic N) is 1. The summed E-state index contributed by atoms with van der Waals surface area (Å²) >= 11 is 9.57. The molecule has 1 aromatic carbocycles. The van der Waals surface area contributed by atoms with E-state index in [1.54, 1.807) is 0 Å². The summed E-state index contributed by atoms with van der Waals surface area (Å²) in [5.74, 6) is 0.950. The van der Waals surface area contributed by atoms with Gasteiger partial charge in [0, 0.05) is 11.9 Å². The minimum atomic E-state index is 0.691. The number of anilines is 1. The molecule has 0 radical (unpaired) electrons. The van der Waals surface area contributed by atoms with E-state index in [2.05, 4.69) is 46.1 Å². The zero-order valence-corrected chi connectivity index (χ0v) is 12.2. The topological polar surface area (TPSA) is 24.9 Å². The van der Waals surface area contributed by atoms with E-state index in [0.717, 1.165) is 34.2 Å². The summed E-state index contributed by atoms with van der Waals surface area (Å²) in [4.78, 5) is 4.65. The van der Waals surface area contributed by atoms with Gasteiger partial charge in [0.05, 0.1) is 15.0 Å². The van der Waals surface area contributed by atoms with Crippen LogP contribution in [0.1, 0.15) is 19.4 Å². The van der Waals surface area contributed by atoms with Crippen molar-refractivity contribution in [1.82, 2.24) is 4.98 Å². The first kappa shape index (κ1) is 12.7. The Morgan fingerprint density at radius 2 is 2.12 bits per heavy atom. The summed E-state index contributed by atoms with van der Waals surface area (Å²) in [6.45, 7) is 5.07. The third kappa shape index (κ3) is 2.40. The van der Waals surface area contributed by atoms with Crippen molar-refractivity contribution in [1.29, 1.82) is 0 Å². The van der Waals surface area contributed by atoms with Crippen LogP contribution in [-0.4, -0.2) is 11.5 Å². The number of benzene rings is 1. The van der Waals surface area contributed by atoms with Crippen LogP contribution in [-0.2, 0) is 6.42 Å². The Morgan fingerprint density at radius 1 is 1.35 bits per heavy atom. The molecule has 0 spiro atoms. The van der Waals surface area contributed by atoms with Crippen molar-refractivity contribution in [2.75, 3.05) is 11.9 Å². The molecule has 2 aromatic rings. The van der Waals surface area contributed by atoms with E-state index in [0.29, 0.717) is 5.02 Å². The zero-order chi connectivity index (χ0) is 12.4. The van der Waals surface area contributed by atoms with Crippen molar-refractivity contribution in [3.05, 3.63) is 33.3 Å². The van der Waals surface area contributed by atoms with Crippen LogP contribution in [0.4, 0.5) is 5.82 Å². The summed E-state index contributed by atoms with van der Waals surface area (Å²) in [7, 11) is 0. The highest BCUT2D eigenvalue weighted by Gasteiger charge is 2.09. The van der Waals surface area contributed by atoms with Gasteiger partial charge in [0.25, 0.3) is 0 Å². The Morgan fingerprint density at radius 3 is 2.76 bits per heavy atom. The predicted molar refractivity (Wildman–Crippen MR) is 78.0 cm³/mol. The molecule has 0 saturated carbocycles. The molecular formula is C13H14BrClN2. The summed E-state index contributed by atoms with van der Waals surface area (Å²) < 4.78 is 0.860. The van der Waals surface area contributed by atoms with Crippen molar-refractivity contribution in [2.24, 2.45) is 0 Å². The van der Waals surface area contributed by atoms with E-state index in [1.165, 1.54) is 5.56 Å². The largest absolute Gasteiger partial charge is 0.370 e. The number of halogens is 2. The van der Waals surface area contributed by atoms with Gasteiger partial charge in [0.15, 0.2) is 0 Å². The molecule has 0 aliphatic carbocycles. The third-order valence-corrected chi connectivity index (χ3v) is 4.03. The number of pyridine rings is 1. The van der Waals surface area contributed by atoms with Crippen molar-refractivity contribution >= 4 is 44.3 Å². The Kier molecular flexibility index (Phi) is 3.89. The number of aryl methyl sites for hydroxylation is 1. The molecule has 1 heterocycles. The summed E-state index contributed by atoms with van der Waals surface area (Å²) in [6, 6.07) is 6.06. The van der Waals surface area contributed by atoms with E-state index in [1.807, 2.05) is 12.1 Å². The first-order chi connectivity index (χ1) is 8.17. The van der Waals surface area contributed by atoms with Gasteiger partial charge >= 0.3 is 0 Å². The average Bonchev–Trinajstić information content (AvgIpc) is 2.34. The summed E-state index contributed by atoms with van der Waals surface area (Å²) in [6.07, 6.45) is 0.964. The monoisotopic (exact) mass is 312 g/mol. The maximum atomic E-state index is 6.08. The van der Waals surface area contributed by atoms with Gasteiger partial charge in [-0.25, -0.2) is 4.98 Å². The normalized spacial score (nSPS) is 10.8. The fourth-order valence-electron chi connectivity index (χ4n) is 1.81. The second-order valence-electron chi connectivity index (χ2n) is 3.81. The Hall–Kier alpha value is -0.800. The van der Waals surface area contributed by atoms with Crippen LogP contribution in [0.25, 0.3) is 10.9 Å². The highest BCUT2D eigenvalue weighted by molar-refractivity contribution is 9.10. The maximum Gasteiger partial charge on any atom is 0.129 e. The SMILES string of the molecule is CCNc1nc2c(Br)c(Cl)ccc2cc1CC. The quantitative estimate of drug-likeness (QED) is 0.892. The van der Waals surface area contributed by atoms with Crippen molar-refractivity contribution in [2.45, 2.75) is 20.3 Å². The van der Waals surface area contributed by atoms with E-state index < -0.39 is 0 Å². The Labute approximate surface area is 115 Å². The molecule has 0 bridgehead atoms. The third-order valence-electron chi connectivity index (χ3n) is 2.68. The lowest BCUT2D eigenvalue weighted by Crippen LogP contribution is -2.03. The Balaban J connectivity index is 2.70. The number of hydrogen-bond acceptors (Lipinski definition) is 2. The molecule has 1 aromatic heterocycles. The number of aromatic nitrogens is 1. The van der Waals surface area contributed by atoms with Crippen molar-refractivity contribution in [3.63, 3.8) is 0 Å². The minimum absolute atomic E-state index is 0.691. The highest BCUT2D eigenvalue weighted by Crippen LogP contribution is 2.32. The molecule has 4 heteroatoms. The van der Waals surface area contributed by atoms with E-state index in [4.69, 9.17) is 11.6 Å². The number of hydrogen-bond donors (Lipinski definition) is 1. The van der Waals surface area contributed by atoms with Gasteiger partial charge in [0.1, 0.15) is 5.82 Å². The zero-order valence-electron chi connectivity index (χ0n) is 9.85. The standard InChI is InChI=1S/C13H14BrClN2/c1-3-8-7-9-5-6-10(15)11(14)12(9)17-13(8)16-4-2/h5-7H,3-4H2,1-2H3,(H,16,17). The first-order valence-electron chi connectivity index (χ1n) is 5.68. The van der Waals surface area contributed by atoms with Crippen LogP contribution in [0.2, 0.25) is 5.02 Å². The molecule has 2 rings (SSSR count). The van der Waals surface area contributed by atoms with Gasteiger partial charge in [-0.15, -0.1) is 0 Å². The van der Waals surface area contributed by atoms with Gasteiger partial charge in [0.2, 0.25) is 0 Å². The maximum absolute atomic E-state index is 6.08. The molecule has 0 aliphatic heterocycles. The van der Waals surface area contributed by atoms with Gasteiger partial charge in [-0.05, 0) is 47.0 Å². The molecule has 0 amide bonds. The molecule has 90 valence electrons. The fraction of sp³-hybridized carbons (Fsp3) is 0.308. The molecular weight excluding hydrogens is 300 g/mol. The van der Waals surface area contributed by atoms with E-state index >= 15 is 0 Å². The smallest absolute Gasteiger partial charge is 0.129 e. The molecule has 0 fully saturated rings. The molecule has 1 N–H and O–H groups in total. The minimum Gasteiger partial charge on any atom is -0.370 e. The van der Waals surface area contributed by atoms with Crippen LogP contribution in [0.5, 0.6) is 0 Å². The molecule has 17 heavy (non-hydrogen) atoms. The van der Waals surface area contributed by atoms with Crippen LogP contribution in [0.15, 0.2) is 22.7 Å². The number of nitrogens with one attached hydrogen (secondary N) is 1. The van der Waals surface area contributed by atoms with Gasteiger partial charge in [-0.3, -0.25) is 0 Å². The molecule has 0 saturated heterocycles. The number of rotatable bonds is 3. The molecule has 0 unspecified atom stereocenters. The lowest BCUT2D eigenvalue weighted by molar-refractivity contribution is 1.08. The lowest BCUT2D eigenvalue weighted by Gasteiger charge is -2.11. The van der Waals surface area contributed by atoms with Gasteiger partial charge in [-0.1, -0.05) is 24.6 Å². The van der Waals surface area contributed by atoms with Gasteiger partial charge in [-0.2, -0.15) is 0 Å². The van der Waals surface area contributed by atoms with Crippen molar-refractivity contribution in [3.8, 4) is 0 Å². The van der Waals surface area contributed by atoms with E-state index in [9.17, 15) is 0 Å². The fourth-order valence-corrected chi connectivity index (χ4v) is 2.42. The van der Waals surface area contributed by atoms with Crippen LogP contribution in [0, 0.1) is 0 Å². The van der Waals surface area contributed by atoms with Gasteiger partial charge < -0.3 is 5.32 Å². The molecule has 2 nitrogen and oxygen atoms in total. The average molecular weight is 314 g/mol. The number of fused-ring (bicyclic) bond motifs is 1. The highest BCUT2D eigenvalue weighted by atomic mass is 79.9. The lowest BCUT2D eigenvalue weighted by atomic mass is 10.1.